The van der Waals surface area contributed by atoms with Gasteiger partial charge in [-0.05, 0) is 30.5 Å². The van der Waals surface area contributed by atoms with Gasteiger partial charge in [-0.15, -0.1) is 0 Å². The van der Waals surface area contributed by atoms with Crippen LogP contribution in [-0.2, 0) is 17.4 Å². The zero-order valence-electron chi connectivity index (χ0n) is 6.96. The Labute approximate surface area is 74.6 Å². The van der Waals surface area contributed by atoms with E-state index in [1.807, 2.05) is 12.1 Å². The zero-order valence-corrected chi connectivity index (χ0v) is 7.78. The molecule has 0 saturated heterocycles. The first-order valence-corrected chi connectivity index (χ1v) is 5.33. The number of hydrogen-bond acceptors (Lipinski definition) is 1. The van der Waals surface area contributed by atoms with E-state index in [2.05, 4.69) is 17.7 Å². The molecule has 1 aliphatic heterocycles. The monoisotopic (exact) mass is 181 g/mol. The average molecular weight is 181 g/mol. The van der Waals surface area contributed by atoms with E-state index in [0.29, 0.717) is 0 Å². The molecule has 0 spiro atoms. The maximum Gasteiger partial charge on any atom is 0.117 e. The Morgan fingerprint density at radius 2 is 2.33 bits per heavy atom. The minimum Gasteiger partial charge on any atom is -0.305 e. The van der Waals surface area contributed by atoms with Crippen LogP contribution in [0.5, 0.6) is 0 Å². The van der Waals surface area contributed by atoms with E-state index < -0.39 is 11.0 Å². The fourth-order valence-corrected chi connectivity index (χ4v) is 2.43. The van der Waals surface area contributed by atoms with Crippen LogP contribution in [0.4, 0.5) is 5.69 Å². The van der Waals surface area contributed by atoms with E-state index in [-0.39, 0.29) is 0 Å². The second kappa shape index (κ2) is 2.90. The molecule has 0 aromatic heterocycles. The number of anilines is 1. The van der Waals surface area contributed by atoms with Gasteiger partial charge in [0.25, 0.3) is 0 Å². The molecule has 1 aliphatic rings. The van der Waals surface area contributed by atoms with Crippen LogP contribution in [0.2, 0.25) is 0 Å². The largest absolute Gasteiger partial charge is 0.305 e. The van der Waals surface area contributed by atoms with Crippen molar-refractivity contribution < 1.29 is 4.21 Å². The molecule has 1 atom stereocenters. The molecule has 0 radical (unpaired) electrons. The van der Waals surface area contributed by atoms with Gasteiger partial charge in [-0.2, -0.15) is 0 Å². The Bertz CT molecular complexity index is 335. The first kappa shape index (κ1) is 7.80. The molecule has 0 bridgehead atoms. The average Bonchev–Trinajstić information content (AvgIpc) is 2.04. The lowest BCUT2D eigenvalue weighted by atomic mass is 10.0. The van der Waals surface area contributed by atoms with E-state index in [9.17, 15) is 4.21 Å². The Morgan fingerprint density at radius 1 is 1.50 bits per heavy atom. The summed E-state index contributed by atoms with van der Waals surface area (Å²) in [7, 11) is -0.860. The summed E-state index contributed by atoms with van der Waals surface area (Å²) in [6, 6.07) is 6.07. The molecular formula is C9H11NOS. The number of nitrogens with one attached hydrogen (secondary N) is 1. The van der Waals surface area contributed by atoms with Crippen LogP contribution in [0.25, 0.3) is 0 Å². The third kappa shape index (κ3) is 1.25. The highest BCUT2D eigenvalue weighted by Gasteiger charge is 2.13. The number of fused-ring (bicyclic) bond motifs is 1. The van der Waals surface area contributed by atoms with Crippen molar-refractivity contribution in [2.45, 2.75) is 13.3 Å². The highest BCUT2D eigenvalue weighted by Crippen LogP contribution is 2.24. The lowest BCUT2D eigenvalue weighted by Crippen LogP contribution is -2.18. The van der Waals surface area contributed by atoms with Crippen LogP contribution >= 0.6 is 0 Å². The van der Waals surface area contributed by atoms with Gasteiger partial charge >= 0.3 is 0 Å². The molecule has 2 rings (SSSR count). The summed E-state index contributed by atoms with van der Waals surface area (Å²) in [6.45, 7) is 2.09. The zero-order chi connectivity index (χ0) is 8.55. The predicted octanol–water partition coefficient (Wildman–Crippen LogP) is 1.63. The molecular weight excluding hydrogens is 170 g/mol. The van der Waals surface area contributed by atoms with Gasteiger partial charge in [-0.25, -0.2) is 4.21 Å². The van der Waals surface area contributed by atoms with Gasteiger partial charge in [0.1, 0.15) is 11.0 Å². The number of benzene rings is 1. The Balaban J connectivity index is 2.48. The molecule has 12 heavy (non-hydrogen) atoms. The molecule has 0 fully saturated rings. The lowest BCUT2D eigenvalue weighted by molar-refractivity contribution is 0.684. The van der Waals surface area contributed by atoms with Gasteiger partial charge < -0.3 is 4.72 Å². The summed E-state index contributed by atoms with van der Waals surface area (Å²) in [5.74, 6) is 0.734. The van der Waals surface area contributed by atoms with Crippen LogP contribution in [0.1, 0.15) is 11.1 Å². The maximum atomic E-state index is 11.1. The van der Waals surface area contributed by atoms with Crippen molar-refractivity contribution in [3.05, 3.63) is 29.3 Å². The van der Waals surface area contributed by atoms with Crippen LogP contribution in [0, 0.1) is 6.92 Å². The predicted molar refractivity (Wildman–Crippen MR) is 51.5 cm³/mol. The standard InChI is InChI=1S/C9H11NOS/c1-7-3-2-4-9-8(7)5-6-12(11)10-9/h2-4,10H,5-6H2,1H3. The van der Waals surface area contributed by atoms with Crippen molar-refractivity contribution in [3.8, 4) is 0 Å². The maximum absolute atomic E-state index is 11.1. The Kier molecular flexibility index (Phi) is 1.89. The van der Waals surface area contributed by atoms with Crippen LogP contribution < -0.4 is 4.72 Å². The molecule has 0 amide bonds. The molecule has 0 saturated carbocycles. The highest BCUT2D eigenvalue weighted by molar-refractivity contribution is 7.86. The topological polar surface area (TPSA) is 29.1 Å². The summed E-state index contributed by atoms with van der Waals surface area (Å²) >= 11 is 0. The third-order valence-corrected chi connectivity index (χ3v) is 3.19. The fourth-order valence-electron chi connectivity index (χ4n) is 1.50. The molecule has 1 heterocycles. The minimum atomic E-state index is -0.860. The second-order valence-electron chi connectivity index (χ2n) is 3.00. The quantitative estimate of drug-likeness (QED) is 0.647. The summed E-state index contributed by atoms with van der Waals surface area (Å²) in [5.41, 5.74) is 3.65. The van der Waals surface area contributed by atoms with Crippen LogP contribution in [-0.4, -0.2) is 9.96 Å². The van der Waals surface area contributed by atoms with Gasteiger partial charge in [0.2, 0.25) is 0 Å². The number of aryl methyl sites for hydroxylation is 1. The van der Waals surface area contributed by atoms with Crippen molar-refractivity contribution in [2.75, 3.05) is 10.5 Å². The van der Waals surface area contributed by atoms with Crippen molar-refractivity contribution in [1.29, 1.82) is 0 Å². The molecule has 1 aromatic carbocycles. The van der Waals surface area contributed by atoms with E-state index in [4.69, 9.17) is 0 Å². The van der Waals surface area contributed by atoms with Crippen LogP contribution in [0.15, 0.2) is 18.2 Å². The van der Waals surface area contributed by atoms with Gasteiger partial charge in [-0.1, -0.05) is 12.1 Å². The molecule has 0 aliphatic carbocycles. The molecule has 1 unspecified atom stereocenters. The second-order valence-corrected chi connectivity index (χ2v) is 4.31. The van der Waals surface area contributed by atoms with Crippen molar-refractivity contribution in [2.24, 2.45) is 0 Å². The number of rotatable bonds is 0. The SMILES string of the molecule is Cc1cccc2c1CCS(=O)N2. The van der Waals surface area contributed by atoms with Gasteiger partial charge in [0, 0.05) is 11.4 Å². The van der Waals surface area contributed by atoms with Crippen LogP contribution in [0.3, 0.4) is 0 Å². The van der Waals surface area contributed by atoms with E-state index in [1.54, 1.807) is 0 Å². The Hall–Kier alpha value is -0.830. The third-order valence-electron chi connectivity index (χ3n) is 2.17. The molecule has 64 valence electrons. The van der Waals surface area contributed by atoms with Gasteiger partial charge in [0.05, 0.1) is 0 Å². The van der Waals surface area contributed by atoms with Gasteiger partial charge in [0.15, 0.2) is 0 Å². The van der Waals surface area contributed by atoms with E-state index in [1.165, 1.54) is 11.1 Å². The fraction of sp³-hybridized carbons (Fsp3) is 0.333. The summed E-state index contributed by atoms with van der Waals surface area (Å²) < 4.78 is 14.1. The lowest BCUT2D eigenvalue weighted by Gasteiger charge is -2.18. The van der Waals surface area contributed by atoms with Crippen molar-refractivity contribution in [1.82, 2.24) is 0 Å². The van der Waals surface area contributed by atoms with Gasteiger partial charge in [-0.3, -0.25) is 0 Å². The normalized spacial score (nSPS) is 21.2. The number of hydrogen-bond donors (Lipinski definition) is 1. The highest BCUT2D eigenvalue weighted by atomic mass is 32.2. The summed E-state index contributed by atoms with van der Waals surface area (Å²) in [4.78, 5) is 0. The molecule has 1 N–H and O–H groups in total. The van der Waals surface area contributed by atoms with Crippen molar-refractivity contribution >= 4 is 16.7 Å². The van der Waals surface area contributed by atoms with E-state index >= 15 is 0 Å². The summed E-state index contributed by atoms with van der Waals surface area (Å²) in [6.07, 6.45) is 0.932. The first-order valence-electron chi connectivity index (χ1n) is 4.01. The molecule has 3 heteroatoms. The smallest absolute Gasteiger partial charge is 0.117 e. The molecule has 2 nitrogen and oxygen atoms in total. The van der Waals surface area contributed by atoms with Crippen molar-refractivity contribution in [3.63, 3.8) is 0 Å². The Morgan fingerprint density at radius 3 is 3.17 bits per heavy atom. The summed E-state index contributed by atoms with van der Waals surface area (Å²) in [5, 5.41) is 0. The minimum absolute atomic E-state index is 0.734. The molecule has 1 aromatic rings. The first-order chi connectivity index (χ1) is 5.77. The van der Waals surface area contributed by atoms with E-state index in [0.717, 1.165) is 17.9 Å².